The Morgan fingerprint density at radius 2 is 1.90 bits per heavy atom. The van der Waals surface area contributed by atoms with Gasteiger partial charge in [-0.1, -0.05) is 23.7 Å². The molecule has 0 atom stereocenters. The summed E-state index contributed by atoms with van der Waals surface area (Å²) in [6.07, 6.45) is -3.09. The molecule has 0 aliphatic carbocycles. The van der Waals surface area contributed by atoms with Gasteiger partial charge < -0.3 is 14.4 Å². The molecule has 0 aliphatic rings. The Balaban J connectivity index is 2.03. The first-order valence-corrected chi connectivity index (χ1v) is 9.03. The van der Waals surface area contributed by atoms with Crippen molar-refractivity contribution in [1.29, 1.82) is 0 Å². The third kappa shape index (κ3) is 6.98. The van der Waals surface area contributed by atoms with E-state index in [0.29, 0.717) is 11.3 Å². The van der Waals surface area contributed by atoms with Gasteiger partial charge in [0.15, 0.2) is 0 Å². The molecule has 0 unspecified atom stereocenters. The van der Waals surface area contributed by atoms with Crippen LogP contribution in [0.3, 0.4) is 0 Å². The van der Waals surface area contributed by atoms with E-state index in [1.54, 1.807) is 25.4 Å². The molecule has 0 heterocycles. The van der Waals surface area contributed by atoms with Crippen molar-refractivity contribution in [3.8, 4) is 5.75 Å². The molecule has 2 aromatic rings. The number of carbonyl (C=O) groups is 1. The number of rotatable bonds is 7. The summed E-state index contributed by atoms with van der Waals surface area (Å²) in [7, 11) is 1.88. The maximum absolute atomic E-state index is 12.3. The quantitative estimate of drug-likeness (QED) is 0.331. The third-order valence-corrected chi connectivity index (χ3v) is 4.24. The Hall–Kier alpha value is -2.74. The molecule has 0 aliphatic heterocycles. The van der Waals surface area contributed by atoms with Gasteiger partial charge in [0.2, 0.25) is 0 Å². The van der Waals surface area contributed by atoms with E-state index < -0.39 is 12.3 Å². The molecule has 156 valence electrons. The summed E-state index contributed by atoms with van der Waals surface area (Å²) in [5, 5.41) is 0.195. The van der Waals surface area contributed by atoms with Gasteiger partial charge in [0, 0.05) is 13.6 Å². The maximum Gasteiger partial charge on any atom is 0.573 e. The van der Waals surface area contributed by atoms with Crippen LogP contribution in [-0.4, -0.2) is 37.2 Å². The highest BCUT2D eigenvalue weighted by atomic mass is 35.5. The highest BCUT2D eigenvalue weighted by molar-refractivity contribution is 6.33. The number of aliphatic imine (C=N–C) groups is 1. The maximum atomic E-state index is 12.3. The zero-order chi connectivity index (χ0) is 21.6. The number of alkyl halides is 3. The molecule has 5 nitrogen and oxygen atoms in total. The van der Waals surface area contributed by atoms with Crippen LogP contribution in [0.5, 0.6) is 5.75 Å². The number of halogens is 4. The average molecular weight is 429 g/mol. The van der Waals surface area contributed by atoms with Crippen molar-refractivity contribution in [2.75, 3.05) is 13.6 Å². The highest BCUT2D eigenvalue weighted by Gasteiger charge is 2.30. The molecule has 0 saturated carbocycles. The van der Waals surface area contributed by atoms with Gasteiger partial charge in [0.05, 0.1) is 22.6 Å². The van der Waals surface area contributed by atoms with Gasteiger partial charge in [-0.05, 0) is 49.2 Å². The molecular formula is C20H20ClF3N2O3. The number of aryl methyl sites for hydroxylation is 1. The van der Waals surface area contributed by atoms with Crippen molar-refractivity contribution in [2.24, 2.45) is 4.99 Å². The zero-order valence-electron chi connectivity index (χ0n) is 16.1. The first kappa shape index (κ1) is 22.5. The molecule has 0 N–H and O–H groups in total. The topological polar surface area (TPSA) is 51.1 Å². The van der Waals surface area contributed by atoms with Crippen molar-refractivity contribution in [3.05, 3.63) is 58.1 Å². The van der Waals surface area contributed by atoms with Gasteiger partial charge in [-0.3, -0.25) is 0 Å². The molecular weight excluding hydrogens is 409 g/mol. The average Bonchev–Trinajstić information content (AvgIpc) is 2.66. The van der Waals surface area contributed by atoms with E-state index in [4.69, 9.17) is 16.3 Å². The lowest BCUT2D eigenvalue weighted by Gasteiger charge is -2.11. The minimum Gasteiger partial charge on any atom is -0.457 e. The lowest BCUT2D eigenvalue weighted by molar-refractivity contribution is -0.274. The first-order valence-electron chi connectivity index (χ1n) is 8.65. The van der Waals surface area contributed by atoms with Crippen molar-refractivity contribution in [2.45, 2.75) is 26.8 Å². The van der Waals surface area contributed by atoms with Crippen LogP contribution in [0, 0.1) is 6.92 Å². The van der Waals surface area contributed by atoms with E-state index in [1.807, 2.05) is 18.9 Å². The Bertz CT molecular complexity index is 884. The SMILES string of the molecule is CCN(C)C=Nc1cc(Cl)c(C(=O)OCc2ccc(OC(F)(F)F)cc2)cc1C. The smallest absolute Gasteiger partial charge is 0.457 e. The standard InChI is InChI=1S/C20H20ClF3N2O3/c1-4-26(3)12-25-18-10-17(21)16(9-13(18)2)19(27)28-11-14-5-7-15(8-6-14)29-20(22,23)24/h5-10,12H,4,11H2,1-3H3. The first-order chi connectivity index (χ1) is 13.6. The molecule has 9 heteroatoms. The van der Waals surface area contributed by atoms with E-state index in [1.165, 1.54) is 12.1 Å². The number of hydrogen-bond donors (Lipinski definition) is 0. The summed E-state index contributed by atoms with van der Waals surface area (Å²) in [6, 6.07) is 8.22. The minimum absolute atomic E-state index is 0.123. The molecule has 0 spiro atoms. The summed E-state index contributed by atoms with van der Waals surface area (Å²) in [5.74, 6) is -0.994. The fourth-order valence-corrected chi connectivity index (χ4v) is 2.46. The van der Waals surface area contributed by atoms with E-state index in [9.17, 15) is 18.0 Å². The molecule has 2 rings (SSSR count). The molecule has 0 saturated heterocycles. The van der Waals surface area contributed by atoms with E-state index in [-0.39, 0.29) is 22.9 Å². The molecule has 0 bridgehead atoms. The largest absolute Gasteiger partial charge is 0.573 e. The van der Waals surface area contributed by atoms with Crippen LogP contribution in [0.15, 0.2) is 41.4 Å². The highest BCUT2D eigenvalue weighted by Crippen LogP contribution is 2.28. The zero-order valence-corrected chi connectivity index (χ0v) is 16.8. The van der Waals surface area contributed by atoms with Crippen LogP contribution in [-0.2, 0) is 11.3 Å². The summed E-state index contributed by atoms with van der Waals surface area (Å²) >= 11 is 6.20. The van der Waals surface area contributed by atoms with Gasteiger partial charge in [0.25, 0.3) is 0 Å². The number of carbonyl (C=O) groups excluding carboxylic acids is 1. The second-order valence-corrected chi connectivity index (χ2v) is 6.61. The van der Waals surface area contributed by atoms with Gasteiger partial charge in [-0.15, -0.1) is 13.2 Å². The number of benzene rings is 2. The molecule has 2 aromatic carbocycles. The van der Waals surface area contributed by atoms with Crippen LogP contribution < -0.4 is 4.74 Å². The van der Waals surface area contributed by atoms with E-state index >= 15 is 0 Å². The van der Waals surface area contributed by atoms with E-state index in [0.717, 1.165) is 24.2 Å². The van der Waals surface area contributed by atoms with Gasteiger partial charge in [0.1, 0.15) is 12.4 Å². The van der Waals surface area contributed by atoms with Crippen LogP contribution in [0.1, 0.15) is 28.4 Å². The summed E-state index contributed by atoms with van der Waals surface area (Å²) in [4.78, 5) is 18.6. The Morgan fingerprint density at radius 1 is 1.24 bits per heavy atom. The summed E-state index contributed by atoms with van der Waals surface area (Å²) in [6.45, 7) is 4.46. The summed E-state index contributed by atoms with van der Waals surface area (Å²) in [5.41, 5.74) is 2.07. The predicted octanol–water partition coefficient (Wildman–Crippen LogP) is 5.52. The fourth-order valence-electron chi connectivity index (χ4n) is 2.22. The van der Waals surface area contributed by atoms with Crippen molar-refractivity contribution in [1.82, 2.24) is 4.90 Å². The number of ether oxygens (including phenoxy) is 2. The fraction of sp³-hybridized carbons (Fsp3) is 0.300. The number of hydrogen-bond acceptors (Lipinski definition) is 4. The molecule has 0 aromatic heterocycles. The molecule has 0 radical (unpaired) electrons. The van der Waals surface area contributed by atoms with Crippen molar-refractivity contribution in [3.63, 3.8) is 0 Å². The monoisotopic (exact) mass is 428 g/mol. The van der Waals surface area contributed by atoms with Gasteiger partial charge in [-0.25, -0.2) is 9.79 Å². The van der Waals surface area contributed by atoms with Crippen LogP contribution in [0.2, 0.25) is 5.02 Å². The van der Waals surface area contributed by atoms with Crippen LogP contribution >= 0.6 is 11.6 Å². The normalized spacial score (nSPS) is 11.6. The molecule has 0 amide bonds. The number of nitrogens with zero attached hydrogens (tertiary/aromatic N) is 2. The van der Waals surface area contributed by atoms with Crippen molar-refractivity contribution >= 4 is 29.6 Å². The van der Waals surface area contributed by atoms with Gasteiger partial charge >= 0.3 is 12.3 Å². The second kappa shape index (κ2) is 9.65. The molecule has 29 heavy (non-hydrogen) atoms. The Morgan fingerprint density at radius 3 is 2.48 bits per heavy atom. The van der Waals surface area contributed by atoms with Crippen LogP contribution in [0.4, 0.5) is 18.9 Å². The molecule has 0 fully saturated rings. The minimum atomic E-state index is -4.76. The van der Waals surface area contributed by atoms with E-state index in [2.05, 4.69) is 9.73 Å². The lowest BCUT2D eigenvalue weighted by atomic mass is 10.1. The lowest BCUT2D eigenvalue weighted by Crippen LogP contribution is -2.17. The third-order valence-electron chi connectivity index (χ3n) is 3.93. The predicted molar refractivity (Wildman–Crippen MR) is 105 cm³/mol. The van der Waals surface area contributed by atoms with Crippen LogP contribution in [0.25, 0.3) is 0 Å². The van der Waals surface area contributed by atoms with Gasteiger partial charge in [-0.2, -0.15) is 0 Å². The van der Waals surface area contributed by atoms with Crippen molar-refractivity contribution < 1.29 is 27.4 Å². The summed E-state index contributed by atoms with van der Waals surface area (Å²) < 4.78 is 45.5. The Kier molecular flexibility index (Phi) is 7.50. The second-order valence-electron chi connectivity index (χ2n) is 6.20. The number of esters is 1. The Labute approximate surface area is 171 Å².